The van der Waals surface area contributed by atoms with E-state index in [1.165, 1.54) is 25.1 Å². The Morgan fingerprint density at radius 3 is 2.24 bits per heavy atom. The number of carbonyl (C=O) groups excluding carboxylic acids is 1. The van der Waals surface area contributed by atoms with Crippen LogP contribution in [0.3, 0.4) is 0 Å². The third kappa shape index (κ3) is 8.96. The molecular formula is C22H27FN6O6S2. The lowest BCUT2D eigenvalue weighted by Gasteiger charge is -2.38. The average molecular weight is 555 g/mol. The predicted molar refractivity (Wildman–Crippen MR) is 141 cm³/mol. The number of amides is 1. The summed E-state index contributed by atoms with van der Waals surface area (Å²) in [5.41, 5.74) is 12.6. The van der Waals surface area contributed by atoms with E-state index in [9.17, 15) is 25.5 Å². The molecule has 0 radical (unpaired) electrons. The maximum absolute atomic E-state index is 13.1. The van der Waals surface area contributed by atoms with Crippen molar-refractivity contribution in [1.82, 2.24) is 0 Å². The number of halogens is 1. The lowest BCUT2D eigenvalue weighted by molar-refractivity contribution is -0.111. The second-order valence-electron chi connectivity index (χ2n) is 8.02. The first kappa shape index (κ1) is 29.4. The average Bonchev–Trinajstić information content (AvgIpc) is 2.77. The van der Waals surface area contributed by atoms with E-state index >= 15 is 0 Å². The number of anilines is 2. The molecule has 1 aliphatic rings. The lowest BCUT2D eigenvalue weighted by Crippen LogP contribution is -2.54. The molecule has 0 atom stereocenters. The van der Waals surface area contributed by atoms with Gasteiger partial charge in [0.05, 0.1) is 5.75 Å². The zero-order valence-corrected chi connectivity index (χ0v) is 21.8. The van der Waals surface area contributed by atoms with Gasteiger partial charge >= 0.3 is 10.2 Å². The SMILES string of the molecule is CC1(C)N=C(N)N=C(N)N1c1ccc(C=CC(=O)Nc2cccc(S(=O)(=O)F)c2)cc1.CCS(=O)(=O)O. The van der Waals surface area contributed by atoms with Gasteiger partial charge in [-0.05, 0) is 62.7 Å². The Bertz CT molecular complexity index is 1450. The van der Waals surface area contributed by atoms with Crippen LogP contribution in [-0.4, -0.2) is 50.6 Å². The van der Waals surface area contributed by atoms with Crippen molar-refractivity contribution in [3.8, 4) is 0 Å². The van der Waals surface area contributed by atoms with Gasteiger partial charge < -0.3 is 16.8 Å². The number of nitrogens with two attached hydrogens (primary N) is 2. The number of guanidine groups is 2. The normalized spacial score (nSPS) is 15.3. The molecule has 0 aromatic heterocycles. The van der Waals surface area contributed by atoms with Gasteiger partial charge in [0.25, 0.3) is 10.1 Å². The summed E-state index contributed by atoms with van der Waals surface area (Å²) >= 11 is 0. The van der Waals surface area contributed by atoms with Crippen LogP contribution in [0.2, 0.25) is 0 Å². The molecule has 1 heterocycles. The molecule has 15 heteroatoms. The van der Waals surface area contributed by atoms with Gasteiger partial charge in [-0.2, -0.15) is 21.8 Å². The molecule has 0 saturated heterocycles. The minimum Gasteiger partial charge on any atom is -0.369 e. The summed E-state index contributed by atoms with van der Waals surface area (Å²) in [7, 11) is -8.51. The van der Waals surface area contributed by atoms with E-state index in [0.29, 0.717) is 0 Å². The van der Waals surface area contributed by atoms with Crippen LogP contribution in [0.5, 0.6) is 0 Å². The van der Waals surface area contributed by atoms with Gasteiger partial charge in [0.2, 0.25) is 17.8 Å². The molecule has 37 heavy (non-hydrogen) atoms. The fraction of sp³-hybridized carbons (Fsp3) is 0.227. The van der Waals surface area contributed by atoms with E-state index in [1.807, 2.05) is 13.8 Å². The number of aliphatic imine (C=N–C) groups is 2. The van der Waals surface area contributed by atoms with E-state index in [0.717, 1.165) is 23.4 Å². The maximum Gasteiger partial charge on any atom is 0.332 e. The Labute approximate surface area is 214 Å². The number of hydrogen-bond donors (Lipinski definition) is 4. The first-order chi connectivity index (χ1) is 17.0. The van der Waals surface area contributed by atoms with Crippen molar-refractivity contribution in [2.24, 2.45) is 21.5 Å². The van der Waals surface area contributed by atoms with Crippen LogP contribution in [0.15, 0.2) is 69.5 Å². The van der Waals surface area contributed by atoms with E-state index < -0.39 is 36.8 Å². The topological polar surface area (TPSA) is 198 Å². The minimum absolute atomic E-state index is 0.110. The number of nitrogens with one attached hydrogen (secondary N) is 1. The van der Waals surface area contributed by atoms with Gasteiger partial charge in [-0.15, -0.1) is 3.89 Å². The summed E-state index contributed by atoms with van der Waals surface area (Å²) in [5.74, 6) is -0.375. The summed E-state index contributed by atoms with van der Waals surface area (Å²) in [4.78, 5) is 21.6. The molecule has 0 unspecified atom stereocenters. The molecule has 0 spiro atoms. The molecule has 0 bridgehead atoms. The van der Waals surface area contributed by atoms with Crippen LogP contribution in [0.25, 0.3) is 6.08 Å². The standard InChI is InChI=1S/C20H21FN6O3S.C2H6O3S/c1-20(2)26-18(22)25-19(23)27(20)15-9-6-13(7-10-15)8-11-17(28)24-14-4-3-5-16(12-14)31(21,29)30;1-2-6(3,4)5/h3-12H,1-2H3,(H,24,28)(H4,22,23,25,26);2H2,1H3,(H,3,4,5). The second kappa shape index (κ2) is 11.5. The molecule has 12 nitrogen and oxygen atoms in total. The van der Waals surface area contributed by atoms with Gasteiger partial charge in [-0.1, -0.05) is 18.2 Å². The van der Waals surface area contributed by atoms with E-state index in [2.05, 4.69) is 15.3 Å². The van der Waals surface area contributed by atoms with Gasteiger partial charge in [0.1, 0.15) is 10.6 Å². The molecular weight excluding hydrogens is 527 g/mol. The Kier molecular flexibility index (Phi) is 9.13. The molecule has 0 saturated carbocycles. The molecule has 3 rings (SSSR count). The Hall–Kier alpha value is -3.82. The first-order valence-electron chi connectivity index (χ1n) is 10.6. The van der Waals surface area contributed by atoms with Crippen LogP contribution < -0.4 is 21.7 Å². The molecule has 2 aromatic rings. The van der Waals surface area contributed by atoms with Crippen molar-refractivity contribution in [3.63, 3.8) is 0 Å². The highest BCUT2D eigenvalue weighted by Gasteiger charge is 2.32. The van der Waals surface area contributed by atoms with Gasteiger partial charge in [0.15, 0.2) is 0 Å². The maximum atomic E-state index is 13.1. The molecule has 1 amide bonds. The van der Waals surface area contributed by atoms with Crippen molar-refractivity contribution in [2.75, 3.05) is 16.0 Å². The van der Waals surface area contributed by atoms with Gasteiger partial charge in [-0.25, -0.2) is 4.99 Å². The largest absolute Gasteiger partial charge is 0.369 e. The van der Waals surface area contributed by atoms with Crippen molar-refractivity contribution in [2.45, 2.75) is 31.3 Å². The monoisotopic (exact) mass is 554 g/mol. The van der Waals surface area contributed by atoms with Gasteiger partial charge in [-0.3, -0.25) is 14.2 Å². The zero-order valence-electron chi connectivity index (χ0n) is 20.2. The molecule has 6 N–H and O–H groups in total. The number of benzene rings is 2. The predicted octanol–water partition coefficient (Wildman–Crippen LogP) is 2.08. The summed E-state index contributed by atoms with van der Waals surface area (Å²) in [5, 5.41) is 2.48. The minimum atomic E-state index is -4.85. The summed E-state index contributed by atoms with van der Waals surface area (Å²) in [6.07, 6.45) is 2.85. The number of carbonyl (C=O) groups is 1. The molecule has 0 aliphatic carbocycles. The van der Waals surface area contributed by atoms with E-state index in [-0.39, 0.29) is 23.4 Å². The smallest absolute Gasteiger partial charge is 0.332 e. The van der Waals surface area contributed by atoms with Crippen molar-refractivity contribution < 1.29 is 30.1 Å². The first-order valence-corrected chi connectivity index (χ1v) is 13.6. The lowest BCUT2D eigenvalue weighted by atomic mass is 10.1. The third-order valence-electron chi connectivity index (χ3n) is 4.72. The summed E-state index contributed by atoms with van der Waals surface area (Å²) in [6, 6.07) is 12.1. The highest BCUT2D eigenvalue weighted by atomic mass is 32.3. The van der Waals surface area contributed by atoms with Crippen molar-refractivity contribution in [3.05, 3.63) is 60.2 Å². The van der Waals surface area contributed by atoms with Crippen molar-refractivity contribution in [1.29, 1.82) is 0 Å². The van der Waals surface area contributed by atoms with Crippen LogP contribution in [0.4, 0.5) is 15.3 Å². The Balaban J connectivity index is 0.000000717. The number of hydrogen-bond acceptors (Lipinski definition) is 10. The third-order valence-corrected chi connectivity index (χ3v) is 6.27. The van der Waals surface area contributed by atoms with Crippen molar-refractivity contribution >= 4 is 55.6 Å². The van der Waals surface area contributed by atoms with Crippen LogP contribution in [0, 0.1) is 0 Å². The van der Waals surface area contributed by atoms with Gasteiger partial charge in [0, 0.05) is 17.5 Å². The van der Waals surface area contributed by atoms with Crippen LogP contribution in [0.1, 0.15) is 26.3 Å². The summed E-state index contributed by atoms with van der Waals surface area (Å²) < 4.78 is 61.9. The van der Waals surface area contributed by atoms with E-state index in [4.69, 9.17) is 16.0 Å². The Morgan fingerprint density at radius 2 is 1.73 bits per heavy atom. The fourth-order valence-corrected chi connectivity index (χ4v) is 3.58. The molecule has 2 aromatic carbocycles. The highest BCUT2D eigenvalue weighted by molar-refractivity contribution is 7.86. The Morgan fingerprint density at radius 1 is 1.14 bits per heavy atom. The highest BCUT2D eigenvalue weighted by Crippen LogP contribution is 2.27. The second-order valence-corrected chi connectivity index (χ2v) is 11.1. The molecule has 200 valence electrons. The fourth-order valence-electron chi connectivity index (χ4n) is 3.07. The molecule has 1 aliphatic heterocycles. The number of nitrogens with zero attached hydrogens (tertiary/aromatic N) is 3. The zero-order chi connectivity index (χ0) is 28.0. The van der Waals surface area contributed by atoms with Crippen LogP contribution in [-0.2, 0) is 25.1 Å². The molecule has 0 fully saturated rings. The van der Waals surface area contributed by atoms with E-state index in [1.54, 1.807) is 35.2 Å². The quantitative estimate of drug-likeness (QED) is 0.234. The summed E-state index contributed by atoms with van der Waals surface area (Å²) in [6.45, 7) is 5.07. The van der Waals surface area contributed by atoms with Crippen LogP contribution >= 0.6 is 0 Å². The number of rotatable bonds is 6.